The molecule has 0 spiro atoms. The van der Waals surface area contributed by atoms with Crippen molar-refractivity contribution in [3.05, 3.63) is 70.3 Å². The van der Waals surface area contributed by atoms with Gasteiger partial charge in [-0.05, 0) is 86.1 Å². The second kappa shape index (κ2) is 8.29. The van der Waals surface area contributed by atoms with Crippen LogP contribution in [0.1, 0.15) is 80.6 Å². The van der Waals surface area contributed by atoms with Gasteiger partial charge in [-0.1, -0.05) is 36.8 Å². The fourth-order valence-corrected chi connectivity index (χ4v) is 7.45. The van der Waals surface area contributed by atoms with Crippen molar-refractivity contribution in [3.8, 4) is 0 Å². The highest BCUT2D eigenvalue weighted by atomic mass is 19.4. The summed E-state index contributed by atoms with van der Waals surface area (Å²) in [6.07, 6.45) is 2.78. The minimum Gasteiger partial charge on any atom is -0.385 e. The molecule has 35 heavy (non-hydrogen) atoms. The standard InChI is InChI=1S/C29H31F3O3/c1-17(33)18-3-5-19(6-4-18)24-16-27(2)25(11-12-28(27,35)13-14-29(30,31)32)23-9-7-20-15-21(34)8-10-22(20)26(23)24/h3-6,13-15,23-25,35H,7-12,16H2,1-2H3. The van der Waals surface area contributed by atoms with E-state index < -0.39 is 17.2 Å². The average Bonchev–Trinajstić information content (AvgIpc) is 3.07. The molecule has 0 saturated heterocycles. The molecule has 0 heterocycles. The number of hydrogen-bond acceptors (Lipinski definition) is 3. The molecule has 1 aromatic rings. The fourth-order valence-electron chi connectivity index (χ4n) is 7.45. The van der Waals surface area contributed by atoms with Gasteiger partial charge in [0.15, 0.2) is 11.6 Å². The maximum absolute atomic E-state index is 13.1. The van der Waals surface area contributed by atoms with Crippen molar-refractivity contribution in [2.75, 3.05) is 0 Å². The van der Waals surface area contributed by atoms with Crippen LogP contribution in [0.25, 0.3) is 0 Å². The lowest BCUT2D eigenvalue weighted by molar-refractivity contribution is -0.114. The number of alkyl halides is 3. The molecule has 5 atom stereocenters. The first-order valence-corrected chi connectivity index (χ1v) is 12.5. The van der Waals surface area contributed by atoms with Crippen molar-refractivity contribution >= 4 is 11.6 Å². The molecule has 2 saturated carbocycles. The second-order valence-corrected chi connectivity index (χ2v) is 11.0. The molecule has 5 rings (SSSR count). The van der Waals surface area contributed by atoms with E-state index in [4.69, 9.17) is 0 Å². The number of halogens is 3. The van der Waals surface area contributed by atoms with Crippen LogP contribution in [0.3, 0.4) is 0 Å². The number of carbonyl (C=O) groups excluding carboxylic acids is 2. The van der Waals surface area contributed by atoms with Crippen molar-refractivity contribution in [2.24, 2.45) is 17.3 Å². The number of benzene rings is 1. The lowest BCUT2D eigenvalue weighted by Crippen LogP contribution is -2.50. The molecule has 1 N–H and O–H groups in total. The van der Waals surface area contributed by atoms with Crippen LogP contribution in [-0.4, -0.2) is 28.5 Å². The zero-order chi connectivity index (χ0) is 25.2. The molecular formula is C29H31F3O3. The summed E-state index contributed by atoms with van der Waals surface area (Å²) in [5.74, 6) is 0.263. The summed E-state index contributed by atoms with van der Waals surface area (Å²) in [7, 11) is 0. The summed E-state index contributed by atoms with van der Waals surface area (Å²) in [5.41, 5.74) is 3.00. The van der Waals surface area contributed by atoms with Gasteiger partial charge in [0.05, 0.1) is 5.60 Å². The van der Waals surface area contributed by atoms with Crippen LogP contribution in [0.5, 0.6) is 0 Å². The molecule has 186 valence electrons. The number of allylic oxidation sites excluding steroid dienone is 5. The molecule has 4 aliphatic rings. The monoisotopic (exact) mass is 484 g/mol. The third-order valence-corrected chi connectivity index (χ3v) is 9.22. The van der Waals surface area contributed by atoms with Crippen molar-refractivity contribution in [1.29, 1.82) is 0 Å². The molecule has 0 bridgehead atoms. The predicted molar refractivity (Wildman–Crippen MR) is 127 cm³/mol. The molecule has 5 unspecified atom stereocenters. The third kappa shape index (κ3) is 4.04. The van der Waals surface area contributed by atoms with E-state index in [1.165, 1.54) is 18.1 Å². The Balaban J connectivity index is 1.64. The Kier molecular flexibility index (Phi) is 5.74. The number of aliphatic hydroxyl groups is 1. The average molecular weight is 485 g/mol. The normalized spacial score (nSPS) is 35.0. The number of fused-ring (bicyclic) bond motifs is 4. The summed E-state index contributed by atoms with van der Waals surface area (Å²) in [6.45, 7) is 3.48. The van der Waals surface area contributed by atoms with Crippen LogP contribution in [0.4, 0.5) is 13.2 Å². The molecule has 2 fully saturated rings. The Morgan fingerprint density at radius 1 is 1.11 bits per heavy atom. The Morgan fingerprint density at radius 2 is 1.83 bits per heavy atom. The first-order valence-electron chi connectivity index (χ1n) is 12.5. The van der Waals surface area contributed by atoms with E-state index in [1.54, 1.807) is 18.2 Å². The molecule has 1 aromatic carbocycles. The third-order valence-electron chi connectivity index (χ3n) is 9.22. The number of carbonyl (C=O) groups is 2. The van der Waals surface area contributed by atoms with Crippen LogP contribution >= 0.6 is 0 Å². The van der Waals surface area contributed by atoms with E-state index in [2.05, 4.69) is 0 Å². The minimum atomic E-state index is -4.48. The van der Waals surface area contributed by atoms with Gasteiger partial charge in [0.2, 0.25) is 0 Å². The van der Waals surface area contributed by atoms with E-state index in [0.717, 1.165) is 30.1 Å². The first-order chi connectivity index (χ1) is 16.4. The Hall–Kier alpha value is -2.47. The highest BCUT2D eigenvalue weighted by Crippen LogP contribution is 2.67. The summed E-state index contributed by atoms with van der Waals surface area (Å²) in [5, 5.41) is 11.6. The Bertz CT molecular complexity index is 1160. The lowest BCUT2D eigenvalue weighted by atomic mass is 9.51. The molecular weight excluding hydrogens is 453 g/mol. The van der Waals surface area contributed by atoms with Gasteiger partial charge in [0.1, 0.15) is 0 Å². The Labute approximate surface area is 203 Å². The SMILES string of the molecule is CC(=O)c1ccc(C2CC3(C)C(CCC3(O)C=CC(F)(F)F)C3CCC4=CC(=O)CCC4=C23)cc1. The van der Waals surface area contributed by atoms with Gasteiger partial charge in [0.25, 0.3) is 0 Å². The van der Waals surface area contributed by atoms with E-state index >= 15 is 0 Å². The van der Waals surface area contributed by atoms with E-state index in [1.807, 2.05) is 19.1 Å². The molecule has 0 aliphatic heterocycles. The van der Waals surface area contributed by atoms with Crippen LogP contribution in [0.15, 0.2) is 59.2 Å². The summed E-state index contributed by atoms with van der Waals surface area (Å²) in [4.78, 5) is 24.0. The number of Topliss-reactive ketones (excluding diaryl/α,β-unsaturated/α-hetero) is 1. The number of hydrogen-bond donors (Lipinski definition) is 1. The molecule has 6 heteroatoms. The minimum absolute atomic E-state index is 0.0248. The van der Waals surface area contributed by atoms with Crippen LogP contribution < -0.4 is 0 Å². The molecule has 3 nitrogen and oxygen atoms in total. The number of ketones is 2. The summed E-state index contributed by atoms with van der Waals surface area (Å²) in [6, 6.07) is 7.50. The van der Waals surface area contributed by atoms with Gasteiger partial charge in [-0.2, -0.15) is 13.2 Å². The van der Waals surface area contributed by atoms with E-state index in [-0.39, 0.29) is 35.4 Å². The van der Waals surface area contributed by atoms with Gasteiger partial charge < -0.3 is 5.11 Å². The van der Waals surface area contributed by atoms with Crippen molar-refractivity contribution < 1.29 is 27.9 Å². The molecule has 4 aliphatic carbocycles. The van der Waals surface area contributed by atoms with Crippen molar-refractivity contribution in [2.45, 2.75) is 76.5 Å². The number of rotatable bonds is 3. The first kappa shape index (κ1) is 24.2. The quantitative estimate of drug-likeness (QED) is 0.387. The zero-order valence-corrected chi connectivity index (χ0v) is 20.1. The van der Waals surface area contributed by atoms with Gasteiger partial charge in [0, 0.05) is 29.4 Å². The van der Waals surface area contributed by atoms with Gasteiger partial charge >= 0.3 is 6.18 Å². The van der Waals surface area contributed by atoms with E-state index in [9.17, 15) is 27.9 Å². The smallest absolute Gasteiger partial charge is 0.385 e. The zero-order valence-electron chi connectivity index (χ0n) is 20.1. The predicted octanol–water partition coefficient (Wildman–Crippen LogP) is 6.64. The topological polar surface area (TPSA) is 54.4 Å². The van der Waals surface area contributed by atoms with Gasteiger partial charge in [-0.25, -0.2) is 0 Å². The highest BCUT2D eigenvalue weighted by Gasteiger charge is 2.62. The van der Waals surface area contributed by atoms with E-state index in [0.29, 0.717) is 37.7 Å². The fraction of sp³-hybridized carbons (Fsp3) is 0.517. The van der Waals surface area contributed by atoms with Crippen LogP contribution in [0.2, 0.25) is 0 Å². The van der Waals surface area contributed by atoms with Crippen LogP contribution in [-0.2, 0) is 4.79 Å². The Morgan fingerprint density at radius 3 is 2.49 bits per heavy atom. The maximum atomic E-state index is 13.1. The summed E-state index contributed by atoms with van der Waals surface area (Å²) < 4.78 is 39.3. The van der Waals surface area contributed by atoms with Gasteiger partial charge in [-0.3, -0.25) is 9.59 Å². The van der Waals surface area contributed by atoms with Crippen molar-refractivity contribution in [1.82, 2.24) is 0 Å². The maximum Gasteiger partial charge on any atom is 0.409 e. The van der Waals surface area contributed by atoms with Crippen LogP contribution in [0, 0.1) is 17.3 Å². The molecule has 0 amide bonds. The van der Waals surface area contributed by atoms with Gasteiger partial charge in [-0.15, -0.1) is 0 Å². The highest BCUT2D eigenvalue weighted by molar-refractivity contribution is 5.94. The summed E-state index contributed by atoms with van der Waals surface area (Å²) >= 11 is 0. The second-order valence-electron chi connectivity index (χ2n) is 11.0. The molecule has 0 radical (unpaired) electrons. The van der Waals surface area contributed by atoms with Crippen molar-refractivity contribution in [3.63, 3.8) is 0 Å². The molecule has 0 aromatic heterocycles. The lowest BCUT2D eigenvalue weighted by Gasteiger charge is -2.54. The largest absolute Gasteiger partial charge is 0.409 e.